The second-order valence-corrected chi connectivity index (χ2v) is 3.08. The molecule has 0 aliphatic rings. The van der Waals surface area contributed by atoms with Crippen molar-refractivity contribution in [1.29, 1.82) is 0 Å². The molecule has 0 aliphatic heterocycles. The van der Waals surface area contributed by atoms with Gasteiger partial charge in [-0.3, -0.25) is 4.98 Å². The number of H-pyrrole nitrogens is 1. The molecule has 0 unspecified atom stereocenters. The summed E-state index contributed by atoms with van der Waals surface area (Å²) in [6.07, 6.45) is 7.52. The van der Waals surface area contributed by atoms with Gasteiger partial charge in [0.05, 0.1) is 19.0 Å². The lowest BCUT2D eigenvalue weighted by Crippen LogP contribution is -1.85. The maximum Gasteiger partial charge on any atom is 0.137 e. The van der Waals surface area contributed by atoms with Crippen LogP contribution >= 0.6 is 0 Å². The van der Waals surface area contributed by atoms with E-state index in [9.17, 15) is 0 Å². The molecule has 3 nitrogen and oxygen atoms in total. The van der Waals surface area contributed by atoms with Crippen LogP contribution < -0.4 is 4.74 Å². The van der Waals surface area contributed by atoms with Gasteiger partial charge in [-0.1, -0.05) is 0 Å². The first-order chi connectivity index (χ1) is 7.38. The van der Waals surface area contributed by atoms with Gasteiger partial charge in [0.15, 0.2) is 0 Å². The van der Waals surface area contributed by atoms with E-state index in [-0.39, 0.29) is 0 Å². The Balaban J connectivity index is 2.11. The Morgan fingerprint density at radius 2 is 2.20 bits per heavy atom. The highest BCUT2D eigenvalue weighted by molar-refractivity contribution is 5.66. The van der Waals surface area contributed by atoms with Crippen LogP contribution in [0, 0.1) is 0 Å². The molecule has 2 aromatic rings. The molecule has 0 atom stereocenters. The molecule has 0 fully saturated rings. The molecule has 0 aliphatic carbocycles. The van der Waals surface area contributed by atoms with Crippen molar-refractivity contribution in [3.8, 4) is 5.75 Å². The number of hydrogen-bond acceptors (Lipinski definition) is 2. The van der Waals surface area contributed by atoms with Crippen molar-refractivity contribution in [3.05, 3.63) is 48.0 Å². The van der Waals surface area contributed by atoms with Crippen LogP contribution in [0.3, 0.4) is 0 Å². The monoisotopic (exact) mass is 200 g/mol. The summed E-state index contributed by atoms with van der Waals surface area (Å²) in [5.41, 5.74) is 1.97. The summed E-state index contributed by atoms with van der Waals surface area (Å²) in [6.45, 7) is 0. The van der Waals surface area contributed by atoms with Crippen LogP contribution in [-0.2, 0) is 0 Å². The maximum absolute atomic E-state index is 5.03. The molecule has 0 spiro atoms. The predicted octanol–water partition coefficient (Wildman–Crippen LogP) is 2.59. The maximum atomic E-state index is 5.03. The number of rotatable bonds is 3. The molecule has 15 heavy (non-hydrogen) atoms. The van der Waals surface area contributed by atoms with Gasteiger partial charge in [0.1, 0.15) is 5.75 Å². The van der Waals surface area contributed by atoms with Gasteiger partial charge in [-0.15, -0.1) is 0 Å². The average molecular weight is 200 g/mol. The number of aromatic amines is 1. The first kappa shape index (κ1) is 9.52. The predicted molar refractivity (Wildman–Crippen MR) is 60.5 cm³/mol. The standard InChI is InChI=1S/C12H12N2O/c1-15-12-7-6-11(14-9-12)5-4-10-3-2-8-13-10/h2-9,13H,1H3/b5-4-. The fourth-order valence-electron chi connectivity index (χ4n) is 1.23. The second kappa shape index (κ2) is 4.46. The lowest BCUT2D eigenvalue weighted by Gasteiger charge is -1.97. The third kappa shape index (κ3) is 2.47. The molecule has 1 N–H and O–H groups in total. The summed E-state index contributed by atoms with van der Waals surface area (Å²) in [5.74, 6) is 0.770. The number of ether oxygens (including phenoxy) is 1. The van der Waals surface area contributed by atoms with Gasteiger partial charge in [0.2, 0.25) is 0 Å². The summed E-state index contributed by atoms with van der Waals surface area (Å²) in [7, 11) is 1.63. The smallest absolute Gasteiger partial charge is 0.137 e. The fourth-order valence-corrected chi connectivity index (χ4v) is 1.23. The van der Waals surface area contributed by atoms with Gasteiger partial charge >= 0.3 is 0 Å². The van der Waals surface area contributed by atoms with E-state index in [1.165, 1.54) is 0 Å². The minimum absolute atomic E-state index is 0.770. The highest BCUT2D eigenvalue weighted by Gasteiger charge is 1.91. The van der Waals surface area contributed by atoms with Crippen LogP contribution in [0.1, 0.15) is 11.4 Å². The van der Waals surface area contributed by atoms with E-state index in [0.29, 0.717) is 0 Å². The van der Waals surface area contributed by atoms with Crippen molar-refractivity contribution < 1.29 is 4.74 Å². The Labute approximate surface area is 88.4 Å². The molecule has 3 heteroatoms. The first-order valence-electron chi connectivity index (χ1n) is 4.70. The normalized spacial score (nSPS) is 10.7. The third-order valence-electron chi connectivity index (χ3n) is 2.05. The zero-order valence-corrected chi connectivity index (χ0v) is 8.47. The lowest BCUT2D eigenvalue weighted by molar-refractivity contribution is 0.413. The van der Waals surface area contributed by atoms with Crippen molar-refractivity contribution >= 4 is 12.2 Å². The lowest BCUT2D eigenvalue weighted by atomic mass is 10.3. The van der Waals surface area contributed by atoms with Crippen LogP contribution in [0.2, 0.25) is 0 Å². The number of nitrogens with one attached hydrogen (secondary N) is 1. The number of aromatic nitrogens is 2. The van der Waals surface area contributed by atoms with Crippen LogP contribution in [0.25, 0.3) is 12.2 Å². The Hall–Kier alpha value is -2.03. The van der Waals surface area contributed by atoms with Crippen molar-refractivity contribution in [2.45, 2.75) is 0 Å². The molecule has 0 aromatic carbocycles. The van der Waals surface area contributed by atoms with Gasteiger partial charge in [-0.05, 0) is 36.4 Å². The average Bonchev–Trinajstić information content (AvgIpc) is 2.80. The molecule has 76 valence electrons. The Morgan fingerprint density at radius 1 is 1.27 bits per heavy atom. The molecule has 0 saturated carbocycles. The van der Waals surface area contributed by atoms with Crippen LogP contribution in [0.15, 0.2) is 36.7 Å². The van der Waals surface area contributed by atoms with Crippen molar-refractivity contribution in [2.24, 2.45) is 0 Å². The summed E-state index contributed by atoms with van der Waals surface area (Å²) in [4.78, 5) is 7.31. The number of pyridine rings is 1. The van der Waals surface area contributed by atoms with Crippen molar-refractivity contribution in [2.75, 3.05) is 7.11 Å². The highest BCUT2D eigenvalue weighted by Crippen LogP contribution is 2.10. The summed E-state index contributed by atoms with van der Waals surface area (Å²) < 4.78 is 5.03. The zero-order chi connectivity index (χ0) is 10.5. The Bertz CT molecular complexity index is 429. The Morgan fingerprint density at radius 3 is 2.80 bits per heavy atom. The largest absolute Gasteiger partial charge is 0.495 e. The highest BCUT2D eigenvalue weighted by atomic mass is 16.5. The van der Waals surface area contributed by atoms with Crippen LogP contribution in [0.4, 0.5) is 0 Å². The number of methoxy groups -OCH3 is 1. The van der Waals surface area contributed by atoms with E-state index in [0.717, 1.165) is 17.1 Å². The van der Waals surface area contributed by atoms with Crippen LogP contribution in [0.5, 0.6) is 5.75 Å². The number of nitrogens with zero attached hydrogens (tertiary/aromatic N) is 1. The van der Waals surface area contributed by atoms with E-state index in [1.54, 1.807) is 13.3 Å². The van der Waals surface area contributed by atoms with Crippen molar-refractivity contribution in [1.82, 2.24) is 9.97 Å². The molecular formula is C12H12N2O. The van der Waals surface area contributed by atoms with Gasteiger partial charge < -0.3 is 9.72 Å². The van der Waals surface area contributed by atoms with E-state index in [2.05, 4.69) is 9.97 Å². The van der Waals surface area contributed by atoms with Crippen LogP contribution in [-0.4, -0.2) is 17.1 Å². The molecule has 0 amide bonds. The second-order valence-electron chi connectivity index (χ2n) is 3.08. The van der Waals surface area contributed by atoms with E-state index in [1.807, 2.05) is 42.6 Å². The minimum Gasteiger partial charge on any atom is -0.495 e. The van der Waals surface area contributed by atoms with E-state index >= 15 is 0 Å². The quantitative estimate of drug-likeness (QED) is 0.826. The molecule has 2 heterocycles. The summed E-state index contributed by atoms with van der Waals surface area (Å²) in [6, 6.07) is 7.76. The van der Waals surface area contributed by atoms with E-state index < -0.39 is 0 Å². The molecule has 0 radical (unpaired) electrons. The Kier molecular flexibility index (Phi) is 2.83. The SMILES string of the molecule is COc1ccc(/C=C\c2ccc[nH]2)nc1. The topological polar surface area (TPSA) is 37.9 Å². The fraction of sp³-hybridized carbons (Fsp3) is 0.0833. The summed E-state index contributed by atoms with van der Waals surface area (Å²) in [5, 5.41) is 0. The van der Waals surface area contributed by atoms with Gasteiger partial charge in [-0.25, -0.2) is 0 Å². The number of hydrogen-bond donors (Lipinski definition) is 1. The van der Waals surface area contributed by atoms with Gasteiger partial charge in [0, 0.05) is 11.9 Å². The van der Waals surface area contributed by atoms with Gasteiger partial charge in [-0.2, -0.15) is 0 Å². The minimum atomic E-state index is 0.770. The van der Waals surface area contributed by atoms with Gasteiger partial charge in [0.25, 0.3) is 0 Å². The zero-order valence-electron chi connectivity index (χ0n) is 8.47. The molecule has 2 aromatic heterocycles. The first-order valence-corrected chi connectivity index (χ1v) is 4.70. The molecule has 0 saturated heterocycles. The van der Waals surface area contributed by atoms with E-state index in [4.69, 9.17) is 4.74 Å². The molecule has 2 rings (SSSR count). The third-order valence-corrected chi connectivity index (χ3v) is 2.05. The molecule has 0 bridgehead atoms. The summed E-state index contributed by atoms with van der Waals surface area (Å²) >= 11 is 0. The van der Waals surface area contributed by atoms with Crippen molar-refractivity contribution in [3.63, 3.8) is 0 Å². The molecular weight excluding hydrogens is 188 g/mol.